The van der Waals surface area contributed by atoms with Gasteiger partial charge in [0.15, 0.2) is 0 Å². The molecule has 2 rings (SSSR count). The summed E-state index contributed by atoms with van der Waals surface area (Å²) in [6.07, 6.45) is 0. The van der Waals surface area contributed by atoms with E-state index in [0.29, 0.717) is 5.92 Å². The van der Waals surface area contributed by atoms with E-state index in [2.05, 4.69) is 56.9 Å². The smallest absolute Gasteiger partial charge is 0.220 e. The summed E-state index contributed by atoms with van der Waals surface area (Å²) in [5.41, 5.74) is 2.63. The standard InChI is InChI=1S/C17H26N2O/c1-12(2)16-6-8-17(9-7-16)18-10-13(3)19(15(5)20)14(4)11-18/h6-9,12-14H,10-11H2,1-5H3/t13-,14+. The monoisotopic (exact) mass is 274 g/mol. The van der Waals surface area contributed by atoms with Gasteiger partial charge in [0.05, 0.1) is 0 Å². The van der Waals surface area contributed by atoms with Crippen molar-refractivity contribution in [1.82, 2.24) is 4.90 Å². The van der Waals surface area contributed by atoms with Crippen molar-refractivity contribution in [3.63, 3.8) is 0 Å². The minimum absolute atomic E-state index is 0.180. The van der Waals surface area contributed by atoms with Gasteiger partial charge in [0.2, 0.25) is 5.91 Å². The summed E-state index contributed by atoms with van der Waals surface area (Å²) in [5, 5.41) is 0. The molecule has 0 radical (unpaired) electrons. The quantitative estimate of drug-likeness (QED) is 0.826. The number of piperazine rings is 1. The lowest BCUT2D eigenvalue weighted by Crippen LogP contribution is -2.58. The molecule has 1 heterocycles. The summed E-state index contributed by atoms with van der Waals surface area (Å²) in [7, 11) is 0. The van der Waals surface area contributed by atoms with Crippen LogP contribution >= 0.6 is 0 Å². The van der Waals surface area contributed by atoms with Crippen molar-refractivity contribution in [3.05, 3.63) is 29.8 Å². The predicted octanol–water partition coefficient (Wildman–Crippen LogP) is 3.26. The number of anilines is 1. The molecule has 0 aliphatic carbocycles. The summed E-state index contributed by atoms with van der Waals surface area (Å²) < 4.78 is 0. The van der Waals surface area contributed by atoms with Crippen molar-refractivity contribution >= 4 is 11.6 Å². The maximum atomic E-state index is 11.7. The van der Waals surface area contributed by atoms with Crippen molar-refractivity contribution in [2.75, 3.05) is 18.0 Å². The number of amides is 1. The fourth-order valence-electron chi connectivity index (χ4n) is 3.22. The molecule has 1 aliphatic rings. The number of carbonyl (C=O) groups is 1. The maximum Gasteiger partial charge on any atom is 0.220 e. The van der Waals surface area contributed by atoms with Gasteiger partial charge in [0.1, 0.15) is 0 Å². The van der Waals surface area contributed by atoms with Crippen molar-refractivity contribution < 1.29 is 4.79 Å². The lowest BCUT2D eigenvalue weighted by molar-refractivity contribution is -0.133. The van der Waals surface area contributed by atoms with E-state index in [1.165, 1.54) is 11.3 Å². The van der Waals surface area contributed by atoms with Crippen LogP contribution in [0.3, 0.4) is 0 Å². The van der Waals surface area contributed by atoms with E-state index < -0.39 is 0 Å². The van der Waals surface area contributed by atoms with Gasteiger partial charge in [-0.25, -0.2) is 0 Å². The molecule has 1 aliphatic heterocycles. The number of rotatable bonds is 2. The third-order valence-electron chi connectivity index (χ3n) is 4.21. The molecule has 1 aromatic rings. The molecule has 1 amide bonds. The van der Waals surface area contributed by atoms with Crippen LogP contribution in [0.15, 0.2) is 24.3 Å². The Morgan fingerprint density at radius 1 is 1.10 bits per heavy atom. The molecule has 110 valence electrons. The first-order valence-electron chi connectivity index (χ1n) is 7.54. The Kier molecular flexibility index (Phi) is 4.36. The Labute approximate surface area is 122 Å². The average Bonchev–Trinajstić information content (AvgIpc) is 2.37. The SMILES string of the molecule is CC(=O)N1[C@H](C)CN(c2ccc(C(C)C)cc2)C[C@@H]1C. The Bertz CT molecular complexity index is 454. The molecule has 20 heavy (non-hydrogen) atoms. The summed E-state index contributed by atoms with van der Waals surface area (Å²) in [6.45, 7) is 12.2. The van der Waals surface area contributed by atoms with Gasteiger partial charge in [-0.2, -0.15) is 0 Å². The van der Waals surface area contributed by atoms with Crippen LogP contribution in [-0.2, 0) is 4.79 Å². The molecule has 1 saturated heterocycles. The topological polar surface area (TPSA) is 23.6 Å². The highest BCUT2D eigenvalue weighted by Gasteiger charge is 2.30. The zero-order valence-corrected chi connectivity index (χ0v) is 13.3. The van der Waals surface area contributed by atoms with Gasteiger partial charge in [-0.15, -0.1) is 0 Å². The third-order valence-corrected chi connectivity index (χ3v) is 4.21. The van der Waals surface area contributed by atoms with Gasteiger partial charge >= 0.3 is 0 Å². The van der Waals surface area contributed by atoms with E-state index in [1.807, 2.05) is 4.90 Å². The molecular formula is C17H26N2O. The molecular weight excluding hydrogens is 248 g/mol. The lowest BCUT2D eigenvalue weighted by Gasteiger charge is -2.45. The molecule has 2 atom stereocenters. The third kappa shape index (κ3) is 2.97. The summed E-state index contributed by atoms with van der Waals surface area (Å²) >= 11 is 0. The van der Waals surface area contributed by atoms with E-state index in [0.717, 1.165) is 13.1 Å². The Morgan fingerprint density at radius 2 is 1.60 bits per heavy atom. The van der Waals surface area contributed by atoms with Crippen LogP contribution in [0.5, 0.6) is 0 Å². The van der Waals surface area contributed by atoms with E-state index >= 15 is 0 Å². The zero-order valence-electron chi connectivity index (χ0n) is 13.3. The molecule has 0 unspecified atom stereocenters. The first-order chi connectivity index (χ1) is 9.40. The Hall–Kier alpha value is -1.51. The van der Waals surface area contributed by atoms with Crippen LogP contribution in [0, 0.1) is 0 Å². The van der Waals surface area contributed by atoms with Crippen molar-refractivity contribution in [2.45, 2.75) is 52.6 Å². The van der Waals surface area contributed by atoms with Crippen LogP contribution in [-0.4, -0.2) is 36.0 Å². The van der Waals surface area contributed by atoms with Gasteiger partial charge in [0.25, 0.3) is 0 Å². The number of hydrogen-bond acceptors (Lipinski definition) is 2. The maximum absolute atomic E-state index is 11.7. The Morgan fingerprint density at radius 3 is 2.00 bits per heavy atom. The second kappa shape index (κ2) is 5.86. The van der Waals surface area contributed by atoms with Crippen LogP contribution in [0.4, 0.5) is 5.69 Å². The van der Waals surface area contributed by atoms with Crippen LogP contribution in [0.2, 0.25) is 0 Å². The fourth-order valence-corrected chi connectivity index (χ4v) is 3.22. The average molecular weight is 274 g/mol. The number of nitrogens with zero attached hydrogens (tertiary/aromatic N) is 2. The lowest BCUT2D eigenvalue weighted by atomic mass is 10.0. The van der Waals surface area contributed by atoms with E-state index in [9.17, 15) is 4.79 Å². The van der Waals surface area contributed by atoms with Gasteiger partial charge in [-0.1, -0.05) is 26.0 Å². The predicted molar refractivity (Wildman–Crippen MR) is 84.2 cm³/mol. The number of hydrogen-bond donors (Lipinski definition) is 0. The van der Waals surface area contributed by atoms with Crippen molar-refractivity contribution in [3.8, 4) is 0 Å². The van der Waals surface area contributed by atoms with Gasteiger partial charge in [-0.3, -0.25) is 4.79 Å². The Balaban J connectivity index is 2.13. The minimum Gasteiger partial charge on any atom is -0.367 e. The first-order valence-corrected chi connectivity index (χ1v) is 7.54. The van der Waals surface area contributed by atoms with E-state index in [4.69, 9.17) is 0 Å². The highest BCUT2D eigenvalue weighted by atomic mass is 16.2. The second-order valence-corrected chi connectivity index (χ2v) is 6.28. The summed E-state index contributed by atoms with van der Waals surface area (Å²) in [4.78, 5) is 16.1. The molecule has 1 fully saturated rings. The normalized spacial score (nSPS) is 23.3. The molecule has 0 spiro atoms. The van der Waals surface area contributed by atoms with Crippen LogP contribution in [0.25, 0.3) is 0 Å². The molecule has 3 nitrogen and oxygen atoms in total. The molecule has 0 bridgehead atoms. The van der Waals surface area contributed by atoms with Crippen molar-refractivity contribution in [2.24, 2.45) is 0 Å². The molecule has 1 aromatic carbocycles. The molecule has 0 aromatic heterocycles. The fraction of sp³-hybridized carbons (Fsp3) is 0.588. The summed E-state index contributed by atoms with van der Waals surface area (Å²) in [5.74, 6) is 0.747. The largest absolute Gasteiger partial charge is 0.367 e. The van der Waals surface area contributed by atoms with Gasteiger partial charge in [-0.05, 0) is 37.5 Å². The first kappa shape index (κ1) is 14.9. The highest BCUT2D eigenvalue weighted by molar-refractivity contribution is 5.74. The molecule has 3 heteroatoms. The van der Waals surface area contributed by atoms with Gasteiger partial charge < -0.3 is 9.80 Å². The van der Waals surface area contributed by atoms with Gasteiger partial charge in [0, 0.05) is 37.8 Å². The van der Waals surface area contributed by atoms with E-state index in [-0.39, 0.29) is 18.0 Å². The van der Waals surface area contributed by atoms with Crippen LogP contribution in [0.1, 0.15) is 46.1 Å². The second-order valence-electron chi connectivity index (χ2n) is 6.28. The summed E-state index contributed by atoms with van der Waals surface area (Å²) in [6, 6.07) is 9.37. The molecule has 0 N–H and O–H groups in total. The van der Waals surface area contributed by atoms with Crippen molar-refractivity contribution in [1.29, 1.82) is 0 Å². The molecule has 0 saturated carbocycles. The number of benzene rings is 1. The number of carbonyl (C=O) groups excluding carboxylic acids is 1. The van der Waals surface area contributed by atoms with E-state index in [1.54, 1.807) is 6.92 Å². The minimum atomic E-state index is 0.180. The highest BCUT2D eigenvalue weighted by Crippen LogP contribution is 2.24. The van der Waals surface area contributed by atoms with Crippen LogP contribution < -0.4 is 4.90 Å². The zero-order chi connectivity index (χ0) is 14.9.